The van der Waals surface area contributed by atoms with Crippen LogP contribution in [0, 0.1) is 0 Å². The third kappa shape index (κ3) is 8.32. The minimum atomic E-state index is -4.30. The van der Waals surface area contributed by atoms with Gasteiger partial charge in [-0.3, -0.25) is 24.1 Å². The van der Waals surface area contributed by atoms with Crippen molar-refractivity contribution < 1.29 is 27.6 Å². The van der Waals surface area contributed by atoms with Crippen LogP contribution >= 0.6 is 39.3 Å². The highest BCUT2D eigenvalue weighted by Crippen LogP contribution is 2.32. The minimum Gasteiger partial charge on any atom is -0.342 e. The van der Waals surface area contributed by atoms with Crippen molar-refractivity contribution in [2.75, 3.05) is 6.54 Å². The molecule has 0 saturated carbocycles. The van der Waals surface area contributed by atoms with Gasteiger partial charge in [-0.2, -0.15) is 0 Å². The van der Waals surface area contributed by atoms with E-state index in [4.69, 9.17) is 11.6 Å². The Morgan fingerprint density at radius 1 is 0.870 bits per heavy atom. The van der Waals surface area contributed by atoms with Crippen LogP contribution in [0.5, 0.6) is 0 Å². The highest BCUT2D eigenvalue weighted by Gasteiger charge is 2.37. The van der Waals surface area contributed by atoms with Crippen LogP contribution in [-0.4, -0.2) is 48.9 Å². The summed E-state index contributed by atoms with van der Waals surface area (Å²) in [5, 5.41) is 2.16. The summed E-state index contributed by atoms with van der Waals surface area (Å²) in [5.41, 5.74) is 3.35. The van der Waals surface area contributed by atoms with Crippen LogP contribution in [0.2, 0.25) is 5.02 Å². The summed E-state index contributed by atoms with van der Waals surface area (Å²) in [6, 6.07) is 28.0. The number of hydrogen-bond acceptors (Lipinski definition) is 7. The Morgan fingerprint density at radius 3 is 2.15 bits per heavy atom. The number of thioether (sulfide) groups is 1. The van der Waals surface area contributed by atoms with E-state index in [1.54, 1.807) is 30.3 Å². The molecule has 0 aromatic heterocycles. The lowest BCUT2D eigenvalue weighted by Crippen LogP contribution is -2.52. The van der Waals surface area contributed by atoms with Gasteiger partial charge in [-0.15, -0.1) is 0 Å². The second-order valence-corrected chi connectivity index (χ2v) is 14.2. The molecule has 1 atom stereocenters. The smallest absolute Gasteiger partial charge is 0.294 e. The summed E-state index contributed by atoms with van der Waals surface area (Å²) < 4.78 is 28.5. The zero-order valence-electron chi connectivity index (χ0n) is 23.9. The maximum atomic E-state index is 13.2. The minimum absolute atomic E-state index is 0.0677. The number of benzene rings is 4. The van der Waals surface area contributed by atoms with Gasteiger partial charge in [0.1, 0.15) is 12.6 Å². The quantitative estimate of drug-likeness (QED) is 0.190. The number of sulfonamides is 1. The fraction of sp³-hybridized carbons (Fsp3) is 0.0909. The molecule has 5 rings (SSSR count). The lowest BCUT2D eigenvalue weighted by Gasteiger charge is -2.20. The van der Waals surface area contributed by atoms with Crippen molar-refractivity contribution in [3.05, 3.63) is 129 Å². The van der Waals surface area contributed by atoms with Gasteiger partial charge in [-0.05, 0) is 76.5 Å². The standard InChI is InChI=1S/C33H25BrClN3O6S2/c34-25-12-8-21(9-13-25)18-28(31(40)37-46(43,44)27-16-14-26(35)15-17-27)36-30(39)20-38-32(41)29(45-33(38)42)19-22-6-10-24(11-7-22)23-4-2-1-3-5-23/h1-17,19,28H,18,20H2,(H,36,39)(H,37,40)/t28-/m0/s1. The highest BCUT2D eigenvalue weighted by atomic mass is 79.9. The van der Waals surface area contributed by atoms with Crippen molar-refractivity contribution in [1.82, 2.24) is 14.9 Å². The Bertz CT molecular complexity index is 1920. The molecule has 0 unspecified atom stereocenters. The monoisotopic (exact) mass is 737 g/mol. The molecule has 4 aromatic carbocycles. The molecule has 13 heteroatoms. The van der Waals surface area contributed by atoms with E-state index < -0.39 is 45.6 Å². The van der Waals surface area contributed by atoms with Crippen molar-refractivity contribution in [3.8, 4) is 11.1 Å². The third-order valence-corrected chi connectivity index (χ3v) is 9.91. The fourth-order valence-electron chi connectivity index (χ4n) is 4.52. The van der Waals surface area contributed by atoms with Gasteiger partial charge in [-0.25, -0.2) is 13.1 Å². The van der Waals surface area contributed by atoms with Gasteiger partial charge in [0, 0.05) is 15.9 Å². The van der Waals surface area contributed by atoms with Crippen molar-refractivity contribution in [3.63, 3.8) is 0 Å². The molecule has 1 heterocycles. The molecule has 9 nitrogen and oxygen atoms in total. The second-order valence-electron chi connectivity index (χ2n) is 10.1. The zero-order valence-corrected chi connectivity index (χ0v) is 27.8. The van der Waals surface area contributed by atoms with E-state index in [0.717, 1.165) is 20.5 Å². The van der Waals surface area contributed by atoms with E-state index in [9.17, 15) is 27.6 Å². The summed E-state index contributed by atoms with van der Waals surface area (Å²) in [7, 11) is -4.30. The van der Waals surface area contributed by atoms with Gasteiger partial charge in [-0.1, -0.05) is 94.3 Å². The topological polar surface area (TPSA) is 130 Å². The normalized spacial score (nSPS) is 14.7. The van der Waals surface area contributed by atoms with Crippen LogP contribution in [0.4, 0.5) is 4.79 Å². The van der Waals surface area contributed by atoms with E-state index in [2.05, 4.69) is 21.2 Å². The van der Waals surface area contributed by atoms with Crippen LogP contribution in [-0.2, 0) is 30.8 Å². The molecule has 1 fully saturated rings. The number of rotatable bonds is 10. The van der Waals surface area contributed by atoms with Crippen LogP contribution in [0.15, 0.2) is 117 Å². The van der Waals surface area contributed by atoms with Gasteiger partial charge in [0.25, 0.3) is 27.1 Å². The lowest BCUT2D eigenvalue weighted by atomic mass is 10.0. The summed E-state index contributed by atoms with van der Waals surface area (Å²) in [4.78, 5) is 53.0. The van der Waals surface area contributed by atoms with E-state index in [-0.39, 0.29) is 16.2 Å². The van der Waals surface area contributed by atoms with E-state index >= 15 is 0 Å². The predicted octanol–water partition coefficient (Wildman–Crippen LogP) is 6.04. The molecule has 0 spiro atoms. The second kappa shape index (κ2) is 14.5. The van der Waals surface area contributed by atoms with Crippen LogP contribution in [0.1, 0.15) is 11.1 Å². The summed E-state index contributed by atoms with van der Waals surface area (Å²) in [6.45, 7) is -0.664. The average Bonchev–Trinajstić information content (AvgIpc) is 3.29. The first-order chi connectivity index (χ1) is 22.0. The largest absolute Gasteiger partial charge is 0.342 e. The molecule has 46 heavy (non-hydrogen) atoms. The van der Waals surface area contributed by atoms with Crippen molar-refractivity contribution in [1.29, 1.82) is 0 Å². The number of imide groups is 1. The summed E-state index contributed by atoms with van der Waals surface area (Å²) in [5.74, 6) is -2.48. The lowest BCUT2D eigenvalue weighted by molar-refractivity contribution is -0.131. The molecule has 1 aliphatic rings. The van der Waals surface area contributed by atoms with Crippen molar-refractivity contribution >= 4 is 78.4 Å². The van der Waals surface area contributed by atoms with Gasteiger partial charge in [0.15, 0.2) is 0 Å². The molecule has 1 saturated heterocycles. The first kappa shape index (κ1) is 33.1. The maximum absolute atomic E-state index is 13.2. The van der Waals surface area contributed by atoms with Crippen LogP contribution in [0.3, 0.4) is 0 Å². The van der Waals surface area contributed by atoms with Crippen LogP contribution in [0.25, 0.3) is 17.2 Å². The average molecular weight is 739 g/mol. The molecule has 4 aromatic rings. The van der Waals surface area contributed by atoms with Gasteiger partial charge in [0.05, 0.1) is 9.80 Å². The fourth-order valence-corrected chi connectivity index (χ4v) is 6.76. The third-order valence-electron chi connectivity index (χ3n) is 6.85. The Hall–Kier alpha value is -4.23. The number of halogens is 2. The van der Waals surface area contributed by atoms with E-state index in [0.29, 0.717) is 27.9 Å². The zero-order chi connectivity index (χ0) is 32.8. The molecule has 0 aliphatic carbocycles. The van der Waals surface area contributed by atoms with Gasteiger partial charge in [0.2, 0.25) is 5.91 Å². The van der Waals surface area contributed by atoms with Gasteiger partial charge >= 0.3 is 0 Å². The number of nitrogens with zero attached hydrogens (tertiary/aromatic N) is 1. The Balaban J connectivity index is 1.28. The molecule has 234 valence electrons. The number of hydrogen-bond donors (Lipinski definition) is 2. The van der Waals surface area contributed by atoms with Crippen LogP contribution < -0.4 is 10.0 Å². The molecule has 1 aliphatic heterocycles. The number of carbonyl (C=O) groups is 4. The SMILES string of the molecule is O=C(CN1C(=O)SC(=Cc2ccc(-c3ccccc3)cc2)C1=O)N[C@@H](Cc1ccc(Br)cc1)C(=O)NS(=O)(=O)c1ccc(Cl)cc1. The molecule has 2 N–H and O–H groups in total. The van der Waals surface area contributed by atoms with Crippen molar-refractivity contribution in [2.45, 2.75) is 17.4 Å². The Kier molecular flexibility index (Phi) is 10.4. The highest BCUT2D eigenvalue weighted by molar-refractivity contribution is 9.10. The van der Waals surface area contributed by atoms with E-state index in [1.807, 2.05) is 59.3 Å². The molecular weight excluding hydrogens is 714 g/mol. The number of nitrogens with one attached hydrogen (secondary N) is 2. The number of carbonyl (C=O) groups excluding carboxylic acids is 4. The summed E-state index contributed by atoms with van der Waals surface area (Å²) >= 11 is 9.89. The molecule has 0 radical (unpaired) electrons. The predicted molar refractivity (Wildman–Crippen MR) is 181 cm³/mol. The maximum Gasteiger partial charge on any atom is 0.294 e. The molecular formula is C33H25BrClN3O6S2. The Morgan fingerprint density at radius 2 is 1.50 bits per heavy atom. The summed E-state index contributed by atoms with van der Waals surface area (Å²) in [6.07, 6.45) is 1.50. The number of amides is 4. The van der Waals surface area contributed by atoms with Crippen molar-refractivity contribution in [2.24, 2.45) is 0 Å². The first-order valence-electron chi connectivity index (χ1n) is 13.8. The first-order valence-corrected chi connectivity index (χ1v) is 17.2. The van der Waals surface area contributed by atoms with Gasteiger partial charge < -0.3 is 5.32 Å². The molecule has 0 bridgehead atoms. The van der Waals surface area contributed by atoms with E-state index in [1.165, 1.54) is 24.3 Å². The molecule has 4 amide bonds. The Labute approximate surface area is 283 Å².